The molecule has 1 aromatic heterocycles. The maximum Gasteiger partial charge on any atom is 0.269 e. The zero-order chi connectivity index (χ0) is 18.5. The van der Waals surface area contributed by atoms with E-state index < -0.39 is 0 Å². The van der Waals surface area contributed by atoms with Crippen LogP contribution in [0.2, 0.25) is 0 Å². The zero-order valence-corrected chi connectivity index (χ0v) is 14.7. The van der Waals surface area contributed by atoms with Crippen molar-refractivity contribution in [1.29, 1.82) is 0 Å². The monoisotopic (exact) mass is 348 g/mol. The summed E-state index contributed by atoms with van der Waals surface area (Å²) in [6, 6.07) is 16.7. The summed E-state index contributed by atoms with van der Waals surface area (Å²) in [6.07, 6.45) is 1.83. The molecule has 3 rings (SSSR count). The van der Waals surface area contributed by atoms with E-state index in [-0.39, 0.29) is 18.2 Å². The molecule has 2 aromatic carbocycles. The Morgan fingerprint density at radius 2 is 1.77 bits per heavy atom. The number of anilines is 1. The Bertz CT molecular complexity index is 948. The van der Waals surface area contributed by atoms with Crippen LogP contribution in [0.4, 0.5) is 5.69 Å². The van der Waals surface area contributed by atoms with Crippen molar-refractivity contribution in [2.24, 2.45) is 0 Å². The Labute approximate surface area is 151 Å². The molecule has 0 aliphatic rings. The van der Waals surface area contributed by atoms with Crippen molar-refractivity contribution in [3.05, 3.63) is 71.9 Å². The van der Waals surface area contributed by atoms with Gasteiger partial charge in [0.05, 0.1) is 11.9 Å². The number of amides is 2. The smallest absolute Gasteiger partial charge is 0.269 e. The first kappa shape index (κ1) is 17.4. The van der Waals surface area contributed by atoms with Crippen molar-refractivity contribution in [3.8, 4) is 0 Å². The molecule has 2 amide bonds. The quantitative estimate of drug-likeness (QED) is 0.710. The fourth-order valence-corrected chi connectivity index (χ4v) is 2.65. The Hall–Kier alpha value is -3.41. The van der Waals surface area contributed by atoms with Gasteiger partial charge in [-0.05, 0) is 29.8 Å². The van der Waals surface area contributed by atoms with E-state index >= 15 is 0 Å². The van der Waals surface area contributed by atoms with Gasteiger partial charge >= 0.3 is 0 Å². The van der Waals surface area contributed by atoms with Gasteiger partial charge in [-0.1, -0.05) is 30.3 Å². The van der Waals surface area contributed by atoms with Crippen molar-refractivity contribution in [3.63, 3.8) is 0 Å². The molecule has 0 bridgehead atoms. The van der Waals surface area contributed by atoms with Crippen LogP contribution in [-0.2, 0) is 11.2 Å². The van der Waals surface area contributed by atoms with Crippen LogP contribution in [0, 0.1) is 0 Å². The first-order valence-corrected chi connectivity index (χ1v) is 8.24. The lowest BCUT2D eigenvalue weighted by Crippen LogP contribution is -2.42. The first-order chi connectivity index (χ1) is 12.5. The molecule has 3 aromatic rings. The van der Waals surface area contributed by atoms with Crippen LogP contribution >= 0.6 is 0 Å². The van der Waals surface area contributed by atoms with Crippen molar-refractivity contribution in [1.82, 2.24) is 15.8 Å². The maximum absolute atomic E-state index is 12.2. The Kier molecular flexibility index (Phi) is 5.12. The molecular formula is C20H20N4O2. The van der Waals surface area contributed by atoms with E-state index in [9.17, 15) is 9.59 Å². The standard InChI is InChI=1S/C20H20N4O2/c1-24(2)17-10-4-8-16(12-17)20(26)23-22-18(25)13-15-7-3-6-14-9-5-11-21-19(14)15/h3-12H,13H2,1-2H3,(H,22,25)(H,23,26). The van der Waals surface area contributed by atoms with Crippen LogP contribution in [0.15, 0.2) is 60.8 Å². The number of hydrogen-bond donors (Lipinski definition) is 2. The number of hydrazine groups is 1. The van der Waals surface area contributed by atoms with E-state index in [1.54, 1.807) is 24.4 Å². The molecule has 2 N–H and O–H groups in total. The van der Waals surface area contributed by atoms with Gasteiger partial charge in [0.25, 0.3) is 5.91 Å². The molecule has 132 valence electrons. The number of nitrogens with one attached hydrogen (secondary N) is 2. The van der Waals surface area contributed by atoms with Crippen molar-refractivity contribution >= 4 is 28.4 Å². The Morgan fingerprint density at radius 3 is 2.58 bits per heavy atom. The number of carbonyl (C=O) groups excluding carboxylic acids is 2. The van der Waals surface area contributed by atoms with Crippen molar-refractivity contribution < 1.29 is 9.59 Å². The van der Waals surface area contributed by atoms with Gasteiger partial charge in [-0.2, -0.15) is 0 Å². The topological polar surface area (TPSA) is 74.3 Å². The number of rotatable bonds is 4. The number of fused-ring (bicyclic) bond motifs is 1. The molecule has 0 fully saturated rings. The van der Waals surface area contributed by atoms with E-state index in [1.165, 1.54) is 0 Å². The first-order valence-electron chi connectivity index (χ1n) is 8.24. The summed E-state index contributed by atoms with van der Waals surface area (Å²) >= 11 is 0. The van der Waals surface area contributed by atoms with E-state index in [4.69, 9.17) is 0 Å². The highest BCUT2D eigenvalue weighted by molar-refractivity contribution is 5.96. The number of pyridine rings is 1. The molecule has 0 aliphatic carbocycles. The SMILES string of the molecule is CN(C)c1cccc(C(=O)NNC(=O)Cc2cccc3cccnc23)c1. The summed E-state index contributed by atoms with van der Waals surface area (Å²) in [5.41, 5.74) is 7.90. The highest BCUT2D eigenvalue weighted by Crippen LogP contribution is 2.16. The summed E-state index contributed by atoms with van der Waals surface area (Å²) < 4.78 is 0. The molecule has 0 atom stereocenters. The van der Waals surface area contributed by atoms with Gasteiger partial charge in [-0.15, -0.1) is 0 Å². The molecule has 0 spiro atoms. The van der Waals surface area contributed by atoms with Crippen LogP contribution in [0.25, 0.3) is 10.9 Å². The third-order valence-corrected chi connectivity index (χ3v) is 4.01. The molecule has 26 heavy (non-hydrogen) atoms. The van der Waals surface area contributed by atoms with Gasteiger partial charge in [-0.25, -0.2) is 0 Å². The normalized spacial score (nSPS) is 10.4. The van der Waals surface area contributed by atoms with Crippen LogP contribution in [0.3, 0.4) is 0 Å². The molecule has 0 aliphatic heterocycles. The summed E-state index contributed by atoms with van der Waals surface area (Å²) in [4.78, 5) is 30.7. The number of nitrogens with zero attached hydrogens (tertiary/aromatic N) is 2. The highest BCUT2D eigenvalue weighted by atomic mass is 16.2. The van der Waals surface area contributed by atoms with E-state index in [0.717, 1.165) is 22.2 Å². The summed E-state index contributed by atoms with van der Waals surface area (Å²) in [6.45, 7) is 0. The third kappa shape index (κ3) is 3.97. The van der Waals surface area contributed by atoms with Crippen molar-refractivity contribution in [2.75, 3.05) is 19.0 Å². The van der Waals surface area contributed by atoms with Gasteiger partial charge in [0.15, 0.2) is 0 Å². The number of para-hydroxylation sites is 1. The van der Waals surface area contributed by atoms with Gasteiger partial charge in [0.2, 0.25) is 5.91 Å². The summed E-state index contributed by atoms with van der Waals surface area (Å²) in [7, 11) is 3.80. The number of benzene rings is 2. The zero-order valence-electron chi connectivity index (χ0n) is 14.7. The summed E-state index contributed by atoms with van der Waals surface area (Å²) in [5.74, 6) is -0.668. The van der Waals surface area contributed by atoms with Crippen LogP contribution in [0.1, 0.15) is 15.9 Å². The molecule has 6 nitrogen and oxygen atoms in total. The molecule has 0 radical (unpaired) electrons. The van der Waals surface area contributed by atoms with Gasteiger partial charge in [-0.3, -0.25) is 25.4 Å². The number of carbonyl (C=O) groups is 2. The molecular weight excluding hydrogens is 328 g/mol. The van der Waals surface area contributed by atoms with Gasteiger partial charge in [0.1, 0.15) is 0 Å². The molecule has 0 unspecified atom stereocenters. The predicted molar refractivity (Wildman–Crippen MR) is 102 cm³/mol. The van der Waals surface area contributed by atoms with Crippen LogP contribution in [-0.4, -0.2) is 30.9 Å². The van der Waals surface area contributed by atoms with E-state index in [1.807, 2.05) is 55.4 Å². The van der Waals surface area contributed by atoms with Gasteiger partial charge in [0, 0.05) is 36.9 Å². The lowest BCUT2D eigenvalue weighted by atomic mass is 10.1. The number of hydrogen-bond acceptors (Lipinski definition) is 4. The fourth-order valence-electron chi connectivity index (χ4n) is 2.65. The average molecular weight is 348 g/mol. The second-order valence-electron chi connectivity index (χ2n) is 6.12. The minimum absolute atomic E-state index is 0.131. The average Bonchev–Trinajstić information content (AvgIpc) is 2.66. The Morgan fingerprint density at radius 1 is 1.00 bits per heavy atom. The lowest BCUT2D eigenvalue weighted by molar-refractivity contribution is -0.121. The molecule has 0 saturated carbocycles. The highest BCUT2D eigenvalue weighted by Gasteiger charge is 2.11. The third-order valence-electron chi connectivity index (χ3n) is 4.01. The lowest BCUT2D eigenvalue weighted by Gasteiger charge is -2.14. The summed E-state index contributed by atoms with van der Waals surface area (Å²) in [5, 5.41) is 0.974. The predicted octanol–water partition coefficient (Wildman–Crippen LogP) is 2.30. The minimum atomic E-state index is -0.363. The van der Waals surface area contributed by atoms with Crippen molar-refractivity contribution in [2.45, 2.75) is 6.42 Å². The second-order valence-corrected chi connectivity index (χ2v) is 6.12. The van der Waals surface area contributed by atoms with Crippen LogP contribution < -0.4 is 15.8 Å². The van der Waals surface area contributed by atoms with E-state index in [2.05, 4.69) is 15.8 Å². The largest absolute Gasteiger partial charge is 0.378 e. The maximum atomic E-state index is 12.2. The van der Waals surface area contributed by atoms with E-state index in [0.29, 0.717) is 5.56 Å². The Balaban J connectivity index is 1.63. The number of aromatic nitrogens is 1. The minimum Gasteiger partial charge on any atom is -0.378 e. The molecule has 6 heteroatoms. The molecule has 1 heterocycles. The molecule has 0 saturated heterocycles. The fraction of sp³-hybridized carbons (Fsp3) is 0.150. The van der Waals surface area contributed by atoms with Gasteiger partial charge < -0.3 is 4.90 Å². The second kappa shape index (κ2) is 7.65. The van der Waals surface area contributed by atoms with Crippen LogP contribution in [0.5, 0.6) is 0 Å².